The number of morpholine rings is 1. The highest BCUT2D eigenvalue weighted by Crippen LogP contribution is 2.05. The molecule has 86 valence electrons. The lowest BCUT2D eigenvalue weighted by Crippen LogP contribution is -2.49. The topological polar surface area (TPSA) is 76.1 Å². The smallest absolute Gasteiger partial charge is 0.397 e. The second kappa shape index (κ2) is 5.67. The van der Waals surface area contributed by atoms with E-state index in [0.29, 0.717) is 13.2 Å². The lowest BCUT2D eigenvalue weighted by molar-refractivity contribution is -0.163. The van der Waals surface area contributed by atoms with Crippen LogP contribution in [0.15, 0.2) is 0 Å². The Labute approximate surface area is 87.8 Å². The van der Waals surface area contributed by atoms with Crippen molar-refractivity contribution in [3.8, 4) is 0 Å². The van der Waals surface area contributed by atoms with Crippen LogP contribution in [-0.2, 0) is 19.1 Å². The van der Waals surface area contributed by atoms with Gasteiger partial charge in [-0.05, 0) is 6.92 Å². The minimum atomic E-state index is -0.851. The molecule has 1 atom stereocenters. The highest BCUT2D eigenvalue weighted by molar-refractivity contribution is 6.32. The van der Waals surface area contributed by atoms with Gasteiger partial charge in [0, 0.05) is 13.1 Å². The second-order valence-corrected chi connectivity index (χ2v) is 3.15. The van der Waals surface area contributed by atoms with Crippen LogP contribution in [0.5, 0.6) is 0 Å². The third-order valence-electron chi connectivity index (χ3n) is 2.08. The van der Waals surface area contributed by atoms with Crippen molar-refractivity contribution < 1.29 is 24.2 Å². The third kappa shape index (κ3) is 3.17. The zero-order chi connectivity index (χ0) is 11.3. The molecule has 1 rings (SSSR count). The monoisotopic (exact) mass is 217 g/mol. The van der Waals surface area contributed by atoms with Crippen molar-refractivity contribution in [3.63, 3.8) is 0 Å². The van der Waals surface area contributed by atoms with Gasteiger partial charge in [-0.15, -0.1) is 0 Å². The SMILES string of the molecule is CCOC(=O)C(=O)N1CCOC(CO)C1. The molecule has 0 radical (unpaired) electrons. The summed E-state index contributed by atoms with van der Waals surface area (Å²) in [6.07, 6.45) is -0.405. The summed E-state index contributed by atoms with van der Waals surface area (Å²) >= 11 is 0. The number of rotatable bonds is 2. The van der Waals surface area contributed by atoms with Gasteiger partial charge in [0.05, 0.1) is 25.9 Å². The Morgan fingerprint density at radius 3 is 2.93 bits per heavy atom. The Hall–Kier alpha value is -1.14. The van der Waals surface area contributed by atoms with E-state index in [0.717, 1.165) is 0 Å². The van der Waals surface area contributed by atoms with Crippen LogP contribution in [0, 0.1) is 0 Å². The molecule has 6 nitrogen and oxygen atoms in total. The predicted molar refractivity (Wildman–Crippen MR) is 50.0 cm³/mol. The van der Waals surface area contributed by atoms with E-state index >= 15 is 0 Å². The highest BCUT2D eigenvalue weighted by Gasteiger charge is 2.28. The molecular weight excluding hydrogens is 202 g/mol. The summed E-state index contributed by atoms with van der Waals surface area (Å²) in [7, 11) is 0. The average Bonchev–Trinajstić information content (AvgIpc) is 2.28. The Bertz CT molecular complexity index is 243. The van der Waals surface area contributed by atoms with Crippen LogP contribution in [0.4, 0.5) is 0 Å². The molecular formula is C9H15NO5. The van der Waals surface area contributed by atoms with Crippen molar-refractivity contribution in [2.75, 3.05) is 32.9 Å². The van der Waals surface area contributed by atoms with Crippen LogP contribution >= 0.6 is 0 Å². The molecule has 1 heterocycles. The molecule has 0 spiro atoms. The van der Waals surface area contributed by atoms with E-state index in [9.17, 15) is 9.59 Å². The number of carbonyl (C=O) groups is 2. The molecule has 0 aromatic heterocycles. The van der Waals surface area contributed by atoms with Gasteiger partial charge in [-0.3, -0.25) is 4.79 Å². The van der Waals surface area contributed by atoms with Crippen molar-refractivity contribution >= 4 is 11.9 Å². The number of esters is 1. The standard InChI is InChI=1S/C9H15NO5/c1-2-14-9(13)8(12)10-3-4-15-7(5-10)6-11/h7,11H,2-6H2,1H3. The van der Waals surface area contributed by atoms with E-state index in [1.165, 1.54) is 4.90 Å². The fourth-order valence-electron chi connectivity index (χ4n) is 1.34. The van der Waals surface area contributed by atoms with Crippen molar-refractivity contribution in [1.82, 2.24) is 4.90 Å². The number of carbonyl (C=O) groups excluding carboxylic acids is 2. The van der Waals surface area contributed by atoms with Gasteiger partial charge in [0.15, 0.2) is 0 Å². The van der Waals surface area contributed by atoms with Gasteiger partial charge in [-0.25, -0.2) is 4.79 Å². The maximum atomic E-state index is 11.5. The summed E-state index contributed by atoms with van der Waals surface area (Å²) in [5, 5.41) is 8.85. The third-order valence-corrected chi connectivity index (χ3v) is 2.08. The first-order chi connectivity index (χ1) is 7.19. The molecule has 1 amide bonds. The van der Waals surface area contributed by atoms with Gasteiger partial charge < -0.3 is 19.5 Å². The first kappa shape index (κ1) is 11.9. The Balaban J connectivity index is 2.48. The van der Waals surface area contributed by atoms with Crippen LogP contribution in [0.1, 0.15) is 6.92 Å². The normalized spacial score (nSPS) is 21.2. The number of amides is 1. The maximum Gasteiger partial charge on any atom is 0.397 e. The molecule has 0 bridgehead atoms. The molecule has 15 heavy (non-hydrogen) atoms. The molecule has 0 aromatic rings. The Morgan fingerprint density at radius 1 is 1.60 bits per heavy atom. The first-order valence-corrected chi connectivity index (χ1v) is 4.87. The van der Waals surface area contributed by atoms with Gasteiger partial charge in [-0.1, -0.05) is 0 Å². The quantitative estimate of drug-likeness (QED) is 0.463. The van der Waals surface area contributed by atoms with Crippen LogP contribution in [-0.4, -0.2) is 60.9 Å². The molecule has 1 unspecified atom stereocenters. The second-order valence-electron chi connectivity index (χ2n) is 3.15. The van der Waals surface area contributed by atoms with Crippen LogP contribution in [0.2, 0.25) is 0 Å². The number of hydrogen-bond acceptors (Lipinski definition) is 5. The summed E-state index contributed by atoms with van der Waals surface area (Å²) in [6.45, 7) is 2.57. The molecule has 0 aromatic carbocycles. The minimum Gasteiger partial charge on any atom is -0.459 e. The number of hydrogen-bond donors (Lipinski definition) is 1. The number of aliphatic hydroxyl groups is 1. The molecule has 1 aliphatic heterocycles. The summed E-state index contributed by atoms with van der Waals surface area (Å²) in [4.78, 5) is 23.9. The summed E-state index contributed by atoms with van der Waals surface area (Å²) in [6, 6.07) is 0. The number of ether oxygens (including phenoxy) is 2. The van der Waals surface area contributed by atoms with Crippen LogP contribution in [0.3, 0.4) is 0 Å². The van der Waals surface area contributed by atoms with Crippen molar-refractivity contribution in [2.45, 2.75) is 13.0 Å². The van der Waals surface area contributed by atoms with Gasteiger partial charge in [0.25, 0.3) is 0 Å². The van der Waals surface area contributed by atoms with Gasteiger partial charge in [0.2, 0.25) is 0 Å². The predicted octanol–water partition coefficient (Wildman–Crippen LogP) is -1.23. The van der Waals surface area contributed by atoms with Crippen LogP contribution in [0.25, 0.3) is 0 Å². The molecule has 1 N–H and O–H groups in total. The number of nitrogens with zero attached hydrogens (tertiary/aromatic N) is 1. The summed E-state index contributed by atoms with van der Waals surface area (Å²) in [5.41, 5.74) is 0. The Kier molecular flexibility index (Phi) is 4.51. The van der Waals surface area contributed by atoms with E-state index in [-0.39, 0.29) is 19.8 Å². The van der Waals surface area contributed by atoms with E-state index in [2.05, 4.69) is 4.74 Å². The van der Waals surface area contributed by atoms with Gasteiger partial charge in [0.1, 0.15) is 0 Å². The lowest BCUT2D eigenvalue weighted by Gasteiger charge is -2.31. The minimum absolute atomic E-state index is 0.160. The van der Waals surface area contributed by atoms with E-state index in [4.69, 9.17) is 9.84 Å². The van der Waals surface area contributed by atoms with Crippen LogP contribution < -0.4 is 0 Å². The highest BCUT2D eigenvalue weighted by atomic mass is 16.5. The largest absolute Gasteiger partial charge is 0.459 e. The number of aliphatic hydroxyl groups excluding tert-OH is 1. The fraction of sp³-hybridized carbons (Fsp3) is 0.778. The zero-order valence-corrected chi connectivity index (χ0v) is 8.64. The van der Waals surface area contributed by atoms with E-state index in [1.807, 2.05) is 0 Å². The Morgan fingerprint density at radius 2 is 2.33 bits per heavy atom. The molecule has 0 aliphatic carbocycles. The fourth-order valence-corrected chi connectivity index (χ4v) is 1.34. The van der Waals surface area contributed by atoms with E-state index in [1.54, 1.807) is 6.92 Å². The van der Waals surface area contributed by atoms with Crippen molar-refractivity contribution in [2.24, 2.45) is 0 Å². The summed E-state index contributed by atoms with van der Waals surface area (Å²) < 4.78 is 9.74. The molecule has 1 fully saturated rings. The molecule has 6 heteroatoms. The average molecular weight is 217 g/mol. The first-order valence-electron chi connectivity index (χ1n) is 4.87. The molecule has 0 saturated carbocycles. The molecule has 1 saturated heterocycles. The van der Waals surface area contributed by atoms with Crippen molar-refractivity contribution in [3.05, 3.63) is 0 Å². The van der Waals surface area contributed by atoms with Gasteiger partial charge >= 0.3 is 11.9 Å². The van der Waals surface area contributed by atoms with Gasteiger partial charge in [-0.2, -0.15) is 0 Å². The van der Waals surface area contributed by atoms with Crippen molar-refractivity contribution in [1.29, 1.82) is 0 Å². The zero-order valence-electron chi connectivity index (χ0n) is 8.64. The van der Waals surface area contributed by atoms with E-state index < -0.39 is 18.0 Å². The maximum absolute atomic E-state index is 11.5. The summed E-state index contributed by atoms with van der Waals surface area (Å²) in [5.74, 6) is -1.52. The molecule has 1 aliphatic rings. The lowest BCUT2D eigenvalue weighted by atomic mass is 10.3.